The largest absolute Gasteiger partial charge is 0.467 e. The highest BCUT2D eigenvalue weighted by Gasteiger charge is 2.38. The van der Waals surface area contributed by atoms with Gasteiger partial charge in [0.2, 0.25) is 5.91 Å². The van der Waals surface area contributed by atoms with Crippen LogP contribution in [0.4, 0.5) is 0 Å². The number of benzene rings is 2. The molecule has 1 atom stereocenters. The number of furan rings is 1. The molecule has 0 saturated carbocycles. The molecule has 0 unspecified atom stereocenters. The van der Waals surface area contributed by atoms with Crippen LogP contribution in [0, 0.1) is 0 Å². The molecule has 2 amide bonds. The Morgan fingerprint density at radius 1 is 1.03 bits per heavy atom. The van der Waals surface area contributed by atoms with Crippen LogP contribution in [-0.4, -0.2) is 28.2 Å². The van der Waals surface area contributed by atoms with E-state index in [0.29, 0.717) is 24.4 Å². The minimum absolute atomic E-state index is 0.0419. The number of amides is 2. The van der Waals surface area contributed by atoms with Gasteiger partial charge >= 0.3 is 0 Å². The standard InChI is InChI=1S/C24H21N3O3/c28-22(26-14-16-6-5-13-30-16)11-12-27-23(18-8-1-2-9-19(18)24(27)29)20-15-25-21-10-4-3-7-17(20)21/h1-10,13,15,23,25H,11-12,14H2,(H,26,28)/t23-/m0/s1. The second kappa shape index (κ2) is 7.55. The number of nitrogens with one attached hydrogen (secondary N) is 2. The van der Waals surface area contributed by atoms with E-state index in [1.54, 1.807) is 17.2 Å². The van der Waals surface area contributed by atoms with Gasteiger partial charge in [0.05, 0.1) is 18.8 Å². The molecule has 4 aromatic rings. The van der Waals surface area contributed by atoms with Crippen LogP contribution in [-0.2, 0) is 11.3 Å². The minimum atomic E-state index is -0.220. The van der Waals surface area contributed by atoms with Gasteiger partial charge in [0, 0.05) is 41.2 Å². The molecule has 6 heteroatoms. The lowest BCUT2D eigenvalue weighted by Crippen LogP contribution is -2.33. The average Bonchev–Trinajstić information content (AvgIpc) is 3.50. The van der Waals surface area contributed by atoms with Gasteiger partial charge in [-0.2, -0.15) is 0 Å². The van der Waals surface area contributed by atoms with Crippen molar-refractivity contribution in [2.75, 3.05) is 6.54 Å². The zero-order chi connectivity index (χ0) is 20.5. The van der Waals surface area contributed by atoms with E-state index in [0.717, 1.165) is 22.0 Å². The third kappa shape index (κ3) is 3.16. The predicted molar refractivity (Wildman–Crippen MR) is 113 cm³/mol. The number of fused-ring (bicyclic) bond motifs is 2. The molecular weight excluding hydrogens is 378 g/mol. The number of hydrogen-bond acceptors (Lipinski definition) is 3. The fraction of sp³-hybridized carbons (Fsp3) is 0.167. The predicted octanol–water partition coefficient (Wildman–Crippen LogP) is 4.01. The quantitative estimate of drug-likeness (QED) is 0.514. The summed E-state index contributed by atoms with van der Waals surface area (Å²) >= 11 is 0. The van der Waals surface area contributed by atoms with Crippen LogP contribution in [0.1, 0.15) is 39.7 Å². The second-order valence-electron chi connectivity index (χ2n) is 7.38. The molecule has 1 aliphatic heterocycles. The summed E-state index contributed by atoms with van der Waals surface area (Å²) in [5.74, 6) is 0.539. The molecule has 0 spiro atoms. The molecule has 5 rings (SSSR count). The lowest BCUT2D eigenvalue weighted by Gasteiger charge is -2.25. The number of rotatable bonds is 6. The van der Waals surface area contributed by atoms with Crippen molar-refractivity contribution in [3.8, 4) is 0 Å². The molecule has 0 aliphatic carbocycles. The summed E-state index contributed by atoms with van der Waals surface area (Å²) in [4.78, 5) is 30.7. The van der Waals surface area contributed by atoms with Gasteiger partial charge in [-0.15, -0.1) is 0 Å². The van der Waals surface area contributed by atoms with Crippen molar-refractivity contribution in [3.05, 3.63) is 95.6 Å². The van der Waals surface area contributed by atoms with E-state index in [2.05, 4.69) is 16.4 Å². The third-order valence-corrected chi connectivity index (χ3v) is 5.59. The van der Waals surface area contributed by atoms with Crippen LogP contribution < -0.4 is 5.32 Å². The summed E-state index contributed by atoms with van der Waals surface area (Å²) in [5.41, 5.74) is 3.74. The highest BCUT2D eigenvalue weighted by atomic mass is 16.3. The highest BCUT2D eigenvalue weighted by molar-refractivity contribution is 6.01. The SMILES string of the molecule is O=C(CCN1C(=O)c2ccccc2[C@H]1c1c[nH]c2ccccc12)NCc1ccco1. The first-order chi connectivity index (χ1) is 14.7. The van der Waals surface area contributed by atoms with E-state index in [4.69, 9.17) is 4.42 Å². The van der Waals surface area contributed by atoms with Gasteiger partial charge in [0.1, 0.15) is 5.76 Å². The number of para-hydroxylation sites is 1. The van der Waals surface area contributed by atoms with Crippen LogP contribution in [0.3, 0.4) is 0 Å². The Labute approximate surface area is 173 Å². The highest BCUT2D eigenvalue weighted by Crippen LogP contribution is 2.41. The van der Waals surface area contributed by atoms with Crippen molar-refractivity contribution in [2.45, 2.75) is 19.0 Å². The monoisotopic (exact) mass is 399 g/mol. The van der Waals surface area contributed by atoms with Crippen LogP contribution in [0.15, 0.2) is 77.5 Å². The molecule has 150 valence electrons. The number of carbonyl (C=O) groups excluding carboxylic acids is 2. The molecule has 6 nitrogen and oxygen atoms in total. The van der Waals surface area contributed by atoms with Crippen LogP contribution in [0.5, 0.6) is 0 Å². The van der Waals surface area contributed by atoms with E-state index in [1.807, 2.05) is 54.7 Å². The third-order valence-electron chi connectivity index (χ3n) is 5.59. The van der Waals surface area contributed by atoms with E-state index < -0.39 is 0 Å². The summed E-state index contributed by atoms with van der Waals surface area (Å²) < 4.78 is 5.25. The van der Waals surface area contributed by atoms with Gasteiger partial charge in [-0.1, -0.05) is 36.4 Å². The summed E-state index contributed by atoms with van der Waals surface area (Å²) in [6.07, 6.45) is 3.77. The van der Waals surface area contributed by atoms with E-state index in [9.17, 15) is 9.59 Å². The zero-order valence-electron chi connectivity index (χ0n) is 16.3. The van der Waals surface area contributed by atoms with Gasteiger partial charge in [0.25, 0.3) is 5.91 Å². The van der Waals surface area contributed by atoms with Crippen molar-refractivity contribution in [1.82, 2.24) is 15.2 Å². The Hall–Kier alpha value is -3.80. The second-order valence-corrected chi connectivity index (χ2v) is 7.38. The molecule has 0 fully saturated rings. The number of aromatic nitrogens is 1. The Bertz CT molecular complexity index is 1210. The fourth-order valence-corrected chi connectivity index (χ4v) is 4.17. The summed E-state index contributed by atoms with van der Waals surface area (Å²) in [7, 11) is 0. The summed E-state index contributed by atoms with van der Waals surface area (Å²) in [6.45, 7) is 0.674. The minimum Gasteiger partial charge on any atom is -0.467 e. The van der Waals surface area contributed by atoms with Crippen LogP contribution in [0.2, 0.25) is 0 Å². The van der Waals surface area contributed by atoms with Gasteiger partial charge in [-0.3, -0.25) is 9.59 Å². The van der Waals surface area contributed by atoms with E-state index in [1.165, 1.54) is 0 Å². The molecule has 2 aromatic carbocycles. The van der Waals surface area contributed by atoms with Crippen molar-refractivity contribution in [1.29, 1.82) is 0 Å². The first-order valence-corrected chi connectivity index (χ1v) is 9.97. The normalized spacial score (nSPS) is 15.5. The van der Waals surface area contributed by atoms with Gasteiger partial charge in [0.15, 0.2) is 0 Å². The molecule has 30 heavy (non-hydrogen) atoms. The molecule has 0 saturated heterocycles. The smallest absolute Gasteiger partial charge is 0.255 e. The summed E-state index contributed by atoms with van der Waals surface area (Å²) in [5, 5.41) is 3.93. The Kier molecular flexibility index (Phi) is 4.59. The van der Waals surface area contributed by atoms with Gasteiger partial charge in [-0.25, -0.2) is 0 Å². The number of carbonyl (C=O) groups is 2. The van der Waals surface area contributed by atoms with E-state index >= 15 is 0 Å². The Morgan fingerprint density at radius 3 is 2.73 bits per heavy atom. The lowest BCUT2D eigenvalue weighted by atomic mass is 9.97. The zero-order valence-corrected chi connectivity index (χ0v) is 16.3. The van der Waals surface area contributed by atoms with Gasteiger partial charge in [-0.05, 0) is 29.8 Å². The Balaban J connectivity index is 1.40. The Morgan fingerprint density at radius 2 is 1.87 bits per heavy atom. The molecule has 2 aromatic heterocycles. The van der Waals surface area contributed by atoms with Gasteiger partial charge < -0.3 is 19.6 Å². The number of H-pyrrole nitrogens is 1. The van der Waals surface area contributed by atoms with Crippen molar-refractivity contribution >= 4 is 22.7 Å². The summed E-state index contributed by atoms with van der Waals surface area (Å²) in [6, 6.07) is 19.1. The first-order valence-electron chi connectivity index (χ1n) is 9.97. The molecule has 0 radical (unpaired) electrons. The lowest BCUT2D eigenvalue weighted by molar-refractivity contribution is -0.121. The fourth-order valence-electron chi connectivity index (χ4n) is 4.17. The maximum atomic E-state index is 13.2. The molecule has 3 heterocycles. The maximum Gasteiger partial charge on any atom is 0.255 e. The first kappa shape index (κ1) is 18.2. The molecular formula is C24H21N3O3. The van der Waals surface area contributed by atoms with Crippen molar-refractivity contribution in [2.24, 2.45) is 0 Å². The number of nitrogens with zero attached hydrogens (tertiary/aromatic N) is 1. The molecule has 2 N–H and O–H groups in total. The van der Waals surface area contributed by atoms with Crippen LogP contribution >= 0.6 is 0 Å². The maximum absolute atomic E-state index is 13.2. The molecule has 0 bridgehead atoms. The van der Waals surface area contributed by atoms with Crippen LogP contribution in [0.25, 0.3) is 10.9 Å². The topological polar surface area (TPSA) is 78.3 Å². The molecule has 1 aliphatic rings. The average molecular weight is 399 g/mol. The van der Waals surface area contributed by atoms with Crippen molar-refractivity contribution < 1.29 is 14.0 Å². The van der Waals surface area contributed by atoms with E-state index in [-0.39, 0.29) is 24.3 Å². The number of aromatic amines is 1. The van der Waals surface area contributed by atoms with Crippen molar-refractivity contribution in [3.63, 3.8) is 0 Å². The number of hydrogen-bond donors (Lipinski definition) is 2.